The van der Waals surface area contributed by atoms with E-state index < -0.39 is 5.91 Å². The normalized spacial score (nSPS) is 11.4. The molecule has 1 N–H and O–H groups in total. The highest BCUT2D eigenvalue weighted by Crippen LogP contribution is 2.21. The second kappa shape index (κ2) is 9.20. The Bertz CT molecular complexity index is 1550. The van der Waals surface area contributed by atoms with Crippen molar-refractivity contribution in [3.63, 3.8) is 0 Å². The highest BCUT2D eigenvalue weighted by Gasteiger charge is 2.17. The summed E-state index contributed by atoms with van der Waals surface area (Å²) in [6, 6.07) is 18.6. The van der Waals surface area contributed by atoms with Gasteiger partial charge in [0.1, 0.15) is 17.5 Å². The van der Waals surface area contributed by atoms with Crippen molar-refractivity contribution in [2.45, 2.75) is 34.1 Å². The largest absolute Gasteiger partial charge is 0.321 e. The molecule has 0 unspecified atom stereocenters. The number of nitrogens with one attached hydrogen (secondary N) is 1. The summed E-state index contributed by atoms with van der Waals surface area (Å²) in [4.78, 5) is 30.7. The fourth-order valence-corrected chi connectivity index (χ4v) is 4.15. The number of aromatic nitrogens is 3. The average Bonchev–Trinajstić information content (AvgIpc) is 3.10. The second-order valence-electron chi connectivity index (χ2n) is 8.07. The minimum atomic E-state index is -0.478. The number of para-hydroxylation sites is 2. The molecule has 2 heterocycles. The first-order chi connectivity index (χ1) is 16.3. The lowest BCUT2D eigenvalue weighted by Crippen LogP contribution is -2.30. The fourth-order valence-electron chi connectivity index (χ4n) is 4.15. The Morgan fingerprint density at radius 3 is 2.53 bits per heavy atom. The Morgan fingerprint density at radius 2 is 1.79 bits per heavy atom. The van der Waals surface area contributed by atoms with Gasteiger partial charge in [-0.25, -0.2) is 4.98 Å². The van der Waals surface area contributed by atoms with Gasteiger partial charge in [-0.15, -0.1) is 0 Å². The van der Waals surface area contributed by atoms with E-state index in [1.54, 1.807) is 23.7 Å². The van der Waals surface area contributed by atoms with Crippen LogP contribution in [-0.2, 0) is 11.2 Å². The van der Waals surface area contributed by atoms with Crippen LogP contribution in [0.5, 0.6) is 0 Å². The molecule has 4 rings (SSSR count). The Kier molecular flexibility index (Phi) is 6.15. The van der Waals surface area contributed by atoms with E-state index in [9.17, 15) is 14.9 Å². The number of carbonyl (C=O) groups is 1. The van der Waals surface area contributed by atoms with Gasteiger partial charge in [-0.2, -0.15) is 9.94 Å². The fraction of sp³-hybridized carbons (Fsp3) is 0.185. The number of anilines is 1. The van der Waals surface area contributed by atoms with Crippen molar-refractivity contribution in [2.24, 2.45) is 0 Å². The molecule has 7 heteroatoms. The molecule has 0 aliphatic rings. The van der Waals surface area contributed by atoms with Crippen molar-refractivity contribution in [1.29, 1.82) is 5.26 Å². The molecule has 0 radical (unpaired) electrons. The van der Waals surface area contributed by atoms with E-state index in [1.165, 1.54) is 4.68 Å². The van der Waals surface area contributed by atoms with Crippen LogP contribution in [-0.4, -0.2) is 20.2 Å². The molecule has 0 saturated heterocycles. The van der Waals surface area contributed by atoms with Crippen LogP contribution in [0.3, 0.4) is 0 Å². The summed E-state index contributed by atoms with van der Waals surface area (Å²) < 4.78 is 3.29. The Hall–Kier alpha value is -4.44. The molecular weight excluding hydrogens is 426 g/mol. The van der Waals surface area contributed by atoms with Crippen LogP contribution in [0.25, 0.3) is 17.0 Å². The highest BCUT2D eigenvalue weighted by atomic mass is 16.2. The molecule has 2 aromatic carbocycles. The predicted octanol–water partition coefficient (Wildman–Crippen LogP) is 4.54. The van der Waals surface area contributed by atoms with Crippen LogP contribution in [0.2, 0.25) is 0 Å². The smallest absolute Gasteiger partial charge is 0.280 e. The maximum absolute atomic E-state index is 13.3. The van der Waals surface area contributed by atoms with Crippen molar-refractivity contribution in [1.82, 2.24) is 14.3 Å². The summed E-state index contributed by atoms with van der Waals surface area (Å²) in [5.74, 6) is 0.0596. The summed E-state index contributed by atoms with van der Waals surface area (Å²) in [5.41, 5.74) is 4.28. The van der Waals surface area contributed by atoms with Gasteiger partial charge in [0.2, 0.25) is 0 Å². The Labute approximate surface area is 197 Å². The zero-order chi connectivity index (χ0) is 24.4. The number of hydrogen-bond acceptors (Lipinski definition) is 4. The number of aryl methyl sites for hydroxylation is 3. The van der Waals surface area contributed by atoms with E-state index in [0.29, 0.717) is 33.7 Å². The summed E-state index contributed by atoms with van der Waals surface area (Å²) in [7, 11) is 0. The van der Waals surface area contributed by atoms with Crippen molar-refractivity contribution in [3.8, 4) is 6.07 Å². The summed E-state index contributed by atoms with van der Waals surface area (Å²) in [6.45, 7) is 7.50. The number of nitriles is 1. The standard InChI is InChI=1S/C27H25N5O2/c1-5-20-10-6-8-12-24(20)30-26(33)22(16-28)15-21-14-17(2)31(18(21)3)32-19(4)29-25-13-9-7-11-23(25)27(32)34/h6-15H,5H2,1-4H3,(H,30,33). The number of carbonyl (C=O) groups excluding carboxylic acids is 1. The van der Waals surface area contributed by atoms with Gasteiger partial charge < -0.3 is 5.32 Å². The molecule has 0 aliphatic heterocycles. The quantitative estimate of drug-likeness (QED) is 0.356. The molecule has 0 saturated carbocycles. The maximum atomic E-state index is 13.3. The number of amides is 1. The predicted molar refractivity (Wildman–Crippen MR) is 133 cm³/mol. The number of nitrogens with zero attached hydrogens (tertiary/aromatic N) is 4. The van der Waals surface area contributed by atoms with Crippen molar-refractivity contribution >= 4 is 28.6 Å². The average molecular weight is 452 g/mol. The molecule has 7 nitrogen and oxygen atoms in total. The minimum Gasteiger partial charge on any atom is -0.321 e. The molecule has 2 aromatic heterocycles. The first-order valence-electron chi connectivity index (χ1n) is 11.0. The second-order valence-corrected chi connectivity index (χ2v) is 8.07. The van der Waals surface area contributed by atoms with Crippen LogP contribution in [0, 0.1) is 32.1 Å². The molecule has 0 bridgehead atoms. The summed E-state index contributed by atoms with van der Waals surface area (Å²) in [5, 5.41) is 13.1. The highest BCUT2D eigenvalue weighted by molar-refractivity contribution is 6.10. The molecule has 0 spiro atoms. The Balaban J connectivity index is 1.77. The molecule has 1 amide bonds. The van der Waals surface area contributed by atoms with Gasteiger partial charge in [0.05, 0.1) is 10.9 Å². The monoisotopic (exact) mass is 451 g/mol. The molecule has 170 valence electrons. The molecule has 34 heavy (non-hydrogen) atoms. The lowest BCUT2D eigenvalue weighted by molar-refractivity contribution is -0.112. The number of fused-ring (bicyclic) bond motifs is 1. The van der Waals surface area contributed by atoms with E-state index in [-0.39, 0.29) is 11.1 Å². The van der Waals surface area contributed by atoms with Gasteiger partial charge in [-0.3, -0.25) is 14.3 Å². The van der Waals surface area contributed by atoms with Gasteiger partial charge in [0.15, 0.2) is 0 Å². The van der Waals surface area contributed by atoms with Crippen LogP contribution in [0.4, 0.5) is 5.69 Å². The summed E-state index contributed by atoms with van der Waals surface area (Å²) in [6.07, 6.45) is 2.31. The third-order valence-electron chi connectivity index (χ3n) is 5.86. The summed E-state index contributed by atoms with van der Waals surface area (Å²) >= 11 is 0. The van der Waals surface area contributed by atoms with Crippen LogP contribution >= 0.6 is 0 Å². The van der Waals surface area contributed by atoms with Crippen molar-refractivity contribution in [2.75, 3.05) is 5.32 Å². The van der Waals surface area contributed by atoms with Crippen LogP contribution in [0.15, 0.2) is 65.0 Å². The van der Waals surface area contributed by atoms with Crippen molar-refractivity contribution in [3.05, 3.63) is 98.9 Å². The van der Waals surface area contributed by atoms with Crippen LogP contribution in [0.1, 0.15) is 35.3 Å². The molecule has 0 atom stereocenters. The van der Waals surface area contributed by atoms with Crippen LogP contribution < -0.4 is 10.9 Å². The van der Waals surface area contributed by atoms with E-state index in [4.69, 9.17) is 0 Å². The van der Waals surface area contributed by atoms with Crippen molar-refractivity contribution < 1.29 is 4.79 Å². The number of hydrogen-bond donors (Lipinski definition) is 1. The Morgan fingerprint density at radius 1 is 1.09 bits per heavy atom. The first-order valence-corrected chi connectivity index (χ1v) is 11.0. The van der Waals surface area contributed by atoms with E-state index in [1.807, 2.05) is 75.4 Å². The third kappa shape index (κ3) is 4.02. The third-order valence-corrected chi connectivity index (χ3v) is 5.86. The van der Waals surface area contributed by atoms with Gasteiger partial charge in [0.25, 0.3) is 11.5 Å². The first kappa shape index (κ1) is 22.7. The number of rotatable bonds is 5. The lowest BCUT2D eigenvalue weighted by atomic mass is 10.1. The molecule has 4 aromatic rings. The van der Waals surface area contributed by atoms with Gasteiger partial charge >= 0.3 is 0 Å². The van der Waals surface area contributed by atoms with E-state index in [0.717, 1.165) is 17.7 Å². The molecular formula is C27H25N5O2. The van der Waals surface area contributed by atoms with Gasteiger partial charge in [0, 0.05) is 17.1 Å². The SMILES string of the molecule is CCc1ccccc1NC(=O)C(C#N)=Cc1cc(C)n(-n2c(C)nc3ccccc3c2=O)c1C. The van der Waals surface area contributed by atoms with Gasteiger partial charge in [-0.1, -0.05) is 37.3 Å². The lowest BCUT2D eigenvalue weighted by Gasteiger charge is -2.16. The van der Waals surface area contributed by atoms with Gasteiger partial charge in [-0.05, 0) is 68.7 Å². The zero-order valence-corrected chi connectivity index (χ0v) is 19.6. The topological polar surface area (TPSA) is 92.7 Å². The minimum absolute atomic E-state index is 0.0214. The maximum Gasteiger partial charge on any atom is 0.280 e. The van der Waals surface area contributed by atoms with E-state index >= 15 is 0 Å². The molecule has 0 fully saturated rings. The van der Waals surface area contributed by atoms with E-state index in [2.05, 4.69) is 10.3 Å². The molecule has 0 aliphatic carbocycles. The zero-order valence-electron chi connectivity index (χ0n) is 19.6. The number of benzene rings is 2.